The van der Waals surface area contributed by atoms with E-state index >= 15 is 0 Å². The zero-order valence-electron chi connectivity index (χ0n) is 10.4. The highest BCUT2D eigenvalue weighted by molar-refractivity contribution is 6.07. The van der Waals surface area contributed by atoms with Crippen molar-refractivity contribution in [3.63, 3.8) is 0 Å². The fraction of sp³-hybridized carbons (Fsp3) is 0.429. The Hall–Kier alpha value is -1.68. The van der Waals surface area contributed by atoms with Crippen LogP contribution in [0.4, 0.5) is 0 Å². The van der Waals surface area contributed by atoms with Gasteiger partial charge in [0.25, 0.3) is 5.91 Å². The molecule has 0 spiro atoms. The third kappa shape index (κ3) is 2.59. The Morgan fingerprint density at radius 1 is 1.28 bits per heavy atom. The molecule has 1 aromatic carbocycles. The van der Waals surface area contributed by atoms with E-state index in [4.69, 9.17) is 0 Å². The number of ketones is 1. The molecule has 0 saturated heterocycles. The number of amides is 1. The first-order valence-corrected chi connectivity index (χ1v) is 6.07. The van der Waals surface area contributed by atoms with Crippen LogP contribution in [0.1, 0.15) is 40.5 Å². The summed E-state index contributed by atoms with van der Waals surface area (Å²) in [7, 11) is 0. The minimum Gasteiger partial charge on any atom is -0.396 e. The number of carbonyl (C=O) groups is 2. The quantitative estimate of drug-likeness (QED) is 0.773. The van der Waals surface area contributed by atoms with Crippen molar-refractivity contribution in [2.24, 2.45) is 5.41 Å². The number of carbonyl (C=O) groups excluding carboxylic acids is 2. The number of rotatable bonds is 5. The van der Waals surface area contributed by atoms with Crippen LogP contribution in [0.15, 0.2) is 24.3 Å². The average molecular weight is 247 g/mol. The van der Waals surface area contributed by atoms with Crippen LogP contribution in [0.3, 0.4) is 0 Å². The summed E-state index contributed by atoms with van der Waals surface area (Å²) in [6, 6.07) is 6.77. The molecule has 0 radical (unpaired) electrons. The Kier molecular flexibility index (Phi) is 3.48. The van der Waals surface area contributed by atoms with Crippen molar-refractivity contribution in [1.82, 2.24) is 5.32 Å². The highest BCUT2D eigenvalue weighted by atomic mass is 16.3. The summed E-state index contributed by atoms with van der Waals surface area (Å²) in [5.41, 5.74) is 0.712. The van der Waals surface area contributed by atoms with Gasteiger partial charge in [-0.1, -0.05) is 18.2 Å². The molecule has 4 nitrogen and oxygen atoms in total. The first kappa shape index (κ1) is 12.8. The standard InChI is InChI=1S/C14H17NO3/c1-10(17)11-4-2-3-5-12(11)13(18)15-8-14(9-16)6-7-14/h2-5,16H,6-9H2,1H3,(H,15,18). The predicted octanol–water partition coefficient (Wildman–Crippen LogP) is 1.39. The largest absolute Gasteiger partial charge is 0.396 e. The molecule has 96 valence electrons. The Morgan fingerprint density at radius 2 is 1.89 bits per heavy atom. The second kappa shape index (κ2) is 4.90. The molecule has 0 aliphatic heterocycles. The van der Waals surface area contributed by atoms with Gasteiger partial charge in [0.05, 0.1) is 12.2 Å². The summed E-state index contributed by atoms with van der Waals surface area (Å²) in [5, 5.41) is 12.0. The topological polar surface area (TPSA) is 66.4 Å². The molecule has 2 rings (SSSR count). The third-order valence-corrected chi connectivity index (χ3v) is 3.47. The molecule has 1 aliphatic rings. The van der Waals surface area contributed by atoms with E-state index in [1.165, 1.54) is 6.92 Å². The molecule has 4 heteroatoms. The predicted molar refractivity (Wildman–Crippen MR) is 67.5 cm³/mol. The van der Waals surface area contributed by atoms with E-state index in [1.54, 1.807) is 24.3 Å². The Balaban J connectivity index is 2.07. The van der Waals surface area contributed by atoms with E-state index in [0.29, 0.717) is 17.7 Å². The third-order valence-electron chi connectivity index (χ3n) is 3.47. The summed E-state index contributed by atoms with van der Waals surface area (Å²) in [4.78, 5) is 23.4. The molecule has 1 amide bonds. The summed E-state index contributed by atoms with van der Waals surface area (Å²) in [5.74, 6) is -0.371. The van der Waals surface area contributed by atoms with Crippen LogP contribution in [-0.4, -0.2) is 29.9 Å². The van der Waals surface area contributed by atoms with Crippen molar-refractivity contribution < 1.29 is 14.7 Å². The van der Waals surface area contributed by atoms with Gasteiger partial charge in [0.1, 0.15) is 0 Å². The highest BCUT2D eigenvalue weighted by Crippen LogP contribution is 2.44. The zero-order chi connectivity index (χ0) is 13.2. The SMILES string of the molecule is CC(=O)c1ccccc1C(=O)NCC1(CO)CC1. The smallest absolute Gasteiger partial charge is 0.252 e. The second-order valence-electron chi connectivity index (χ2n) is 4.94. The number of aliphatic hydroxyl groups excluding tert-OH is 1. The van der Waals surface area contributed by atoms with Gasteiger partial charge >= 0.3 is 0 Å². The minimum atomic E-state index is -0.250. The lowest BCUT2D eigenvalue weighted by molar-refractivity contribution is 0.0923. The first-order chi connectivity index (χ1) is 8.58. The molecule has 18 heavy (non-hydrogen) atoms. The molecule has 1 aliphatic carbocycles. The van der Waals surface area contributed by atoms with Crippen molar-refractivity contribution in [3.8, 4) is 0 Å². The highest BCUT2D eigenvalue weighted by Gasteiger charge is 2.42. The van der Waals surface area contributed by atoms with Crippen LogP contribution >= 0.6 is 0 Å². The molecule has 0 aromatic heterocycles. The van der Waals surface area contributed by atoms with Crippen LogP contribution in [-0.2, 0) is 0 Å². The molecule has 0 atom stereocenters. The fourth-order valence-corrected chi connectivity index (χ4v) is 1.92. The van der Waals surface area contributed by atoms with Crippen LogP contribution < -0.4 is 5.32 Å². The molecule has 1 fully saturated rings. The van der Waals surface area contributed by atoms with Crippen molar-refractivity contribution in [2.75, 3.05) is 13.2 Å². The van der Waals surface area contributed by atoms with Gasteiger partial charge in [-0.15, -0.1) is 0 Å². The monoisotopic (exact) mass is 247 g/mol. The first-order valence-electron chi connectivity index (χ1n) is 6.07. The molecular formula is C14H17NO3. The van der Waals surface area contributed by atoms with E-state index < -0.39 is 0 Å². The van der Waals surface area contributed by atoms with Crippen molar-refractivity contribution in [2.45, 2.75) is 19.8 Å². The molecular weight excluding hydrogens is 230 g/mol. The Bertz CT molecular complexity index is 478. The minimum absolute atomic E-state index is 0.0988. The number of nitrogens with one attached hydrogen (secondary N) is 1. The molecule has 0 unspecified atom stereocenters. The van der Waals surface area contributed by atoms with Crippen molar-refractivity contribution in [3.05, 3.63) is 35.4 Å². The van der Waals surface area contributed by atoms with Gasteiger partial charge in [-0.05, 0) is 25.8 Å². The van der Waals surface area contributed by atoms with E-state index in [2.05, 4.69) is 5.32 Å². The fourth-order valence-electron chi connectivity index (χ4n) is 1.92. The molecule has 1 aromatic rings. The van der Waals surface area contributed by atoms with Crippen molar-refractivity contribution >= 4 is 11.7 Å². The van der Waals surface area contributed by atoms with Gasteiger partial charge in [0, 0.05) is 17.5 Å². The summed E-state index contributed by atoms with van der Waals surface area (Å²) in [6.45, 7) is 2.01. The number of hydrogen-bond donors (Lipinski definition) is 2. The average Bonchev–Trinajstić information content (AvgIpc) is 3.16. The second-order valence-corrected chi connectivity index (χ2v) is 4.94. The van der Waals surface area contributed by atoms with Crippen molar-refractivity contribution in [1.29, 1.82) is 0 Å². The number of aliphatic hydroxyl groups is 1. The molecule has 1 saturated carbocycles. The lowest BCUT2D eigenvalue weighted by Crippen LogP contribution is -2.32. The van der Waals surface area contributed by atoms with Gasteiger partial charge < -0.3 is 10.4 Å². The van der Waals surface area contributed by atoms with E-state index in [9.17, 15) is 14.7 Å². The van der Waals surface area contributed by atoms with E-state index in [-0.39, 0.29) is 23.7 Å². The van der Waals surface area contributed by atoms with Gasteiger partial charge in [-0.25, -0.2) is 0 Å². The summed E-state index contributed by atoms with van der Waals surface area (Å²) < 4.78 is 0. The normalized spacial score (nSPS) is 16.1. The lowest BCUT2D eigenvalue weighted by atomic mass is 10.0. The number of Topliss-reactive ketones (excluding diaryl/α,β-unsaturated/α-hetero) is 1. The van der Waals surface area contributed by atoms with Gasteiger partial charge in [-0.2, -0.15) is 0 Å². The van der Waals surface area contributed by atoms with E-state index in [0.717, 1.165) is 12.8 Å². The van der Waals surface area contributed by atoms with Crippen LogP contribution in [0.2, 0.25) is 0 Å². The maximum absolute atomic E-state index is 12.0. The van der Waals surface area contributed by atoms with Gasteiger partial charge in [0.2, 0.25) is 0 Å². The Labute approximate surface area is 106 Å². The number of hydrogen-bond acceptors (Lipinski definition) is 3. The van der Waals surface area contributed by atoms with E-state index in [1.807, 2.05) is 0 Å². The zero-order valence-corrected chi connectivity index (χ0v) is 10.4. The maximum atomic E-state index is 12.0. The molecule has 0 heterocycles. The van der Waals surface area contributed by atoms with Crippen LogP contribution in [0, 0.1) is 5.41 Å². The maximum Gasteiger partial charge on any atom is 0.252 e. The Morgan fingerprint density at radius 3 is 2.39 bits per heavy atom. The molecule has 2 N–H and O–H groups in total. The lowest BCUT2D eigenvalue weighted by Gasteiger charge is -2.13. The van der Waals surface area contributed by atoms with Crippen LogP contribution in [0.25, 0.3) is 0 Å². The summed E-state index contributed by atoms with van der Waals surface area (Å²) in [6.07, 6.45) is 1.89. The summed E-state index contributed by atoms with van der Waals surface area (Å²) >= 11 is 0. The van der Waals surface area contributed by atoms with Crippen LogP contribution in [0.5, 0.6) is 0 Å². The van der Waals surface area contributed by atoms with Gasteiger partial charge in [0.15, 0.2) is 5.78 Å². The molecule has 0 bridgehead atoms. The number of benzene rings is 1. The van der Waals surface area contributed by atoms with Gasteiger partial charge in [-0.3, -0.25) is 9.59 Å².